The Morgan fingerprint density at radius 1 is 1.12 bits per heavy atom. The van der Waals surface area contributed by atoms with Gasteiger partial charge in [-0.25, -0.2) is 9.97 Å². The third-order valence-corrected chi connectivity index (χ3v) is 4.22. The van der Waals surface area contributed by atoms with E-state index in [9.17, 15) is 4.79 Å². The van der Waals surface area contributed by atoms with Crippen molar-refractivity contribution in [2.24, 2.45) is 0 Å². The molecule has 1 aliphatic heterocycles. The summed E-state index contributed by atoms with van der Waals surface area (Å²) in [7, 11) is 2.10. The molecule has 1 N–H and O–H groups in total. The monoisotopic (exact) mass is 345 g/mol. The number of likely N-dealkylation sites (N-methyl/N-ethyl adjacent to an activating group) is 1. The molecule has 6 nitrogen and oxygen atoms in total. The average Bonchev–Trinajstić information content (AvgIpc) is 2.57. The maximum Gasteiger partial charge on any atom is 0.274 e. The Balaban J connectivity index is 1.77. The number of halogens is 1. The highest BCUT2D eigenvalue weighted by molar-refractivity contribution is 6.30. The summed E-state index contributed by atoms with van der Waals surface area (Å²) in [5.41, 5.74) is 1.83. The van der Waals surface area contributed by atoms with Gasteiger partial charge in [0.15, 0.2) is 0 Å². The highest BCUT2D eigenvalue weighted by Crippen LogP contribution is 2.16. The molecule has 0 atom stereocenters. The van der Waals surface area contributed by atoms with Crippen molar-refractivity contribution < 1.29 is 4.79 Å². The van der Waals surface area contributed by atoms with Gasteiger partial charge in [-0.3, -0.25) is 4.79 Å². The predicted molar refractivity (Wildman–Crippen MR) is 95.9 cm³/mol. The quantitative estimate of drug-likeness (QED) is 0.925. The van der Waals surface area contributed by atoms with Gasteiger partial charge in [0.2, 0.25) is 5.95 Å². The van der Waals surface area contributed by atoms with Crippen molar-refractivity contribution in [2.75, 3.05) is 43.4 Å². The zero-order valence-electron chi connectivity index (χ0n) is 13.8. The SMILES string of the molecule is Cc1cc(C(=O)Nc2ccc(Cl)cc2)nc(N2CCN(C)CC2)n1. The Morgan fingerprint density at radius 2 is 1.79 bits per heavy atom. The van der Waals surface area contributed by atoms with Crippen molar-refractivity contribution in [3.63, 3.8) is 0 Å². The van der Waals surface area contributed by atoms with Gasteiger partial charge in [0.25, 0.3) is 5.91 Å². The van der Waals surface area contributed by atoms with Crippen molar-refractivity contribution >= 4 is 29.1 Å². The van der Waals surface area contributed by atoms with Crippen LogP contribution in [0.15, 0.2) is 30.3 Å². The lowest BCUT2D eigenvalue weighted by atomic mass is 10.2. The lowest BCUT2D eigenvalue weighted by Gasteiger charge is -2.32. The van der Waals surface area contributed by atoms with Crippen LogP contribution in [0, 0.1) is 6.92 Å². The van der Waals surface area contributed by atoms with Crippen molar-refractivity contribution in [3.05, 3.63) is 46.7 Å². The highest BCUT2D eigenvalue weighted by Gasteiger charge is 2.19. The molecule has 0 bridgehead atoms. The van der Waals surface area contributed by atoms with Crippen LogP contribution in [0.5, 0.6) is 0 Å². The summed E-state index contributed by atoms with van der Waals surface area (Å²) in [6, 6.07) is 8.69. The molecule has 0 saturated carbocycles. The summed E-state index contributed by atoms with van der Waals surface area (Å²) in [4.78, 5) is 25.8. The standard InChI is InChI=1S/C17H20ClN5O/c1-12-11-15(16(24)20-14-5-3-13(18)4-6-14)21-17(19-12)23-9-7-22(2)8-10-23/h3-6,11H,7-10H2,1-2H3,(H,20,24). The summed E-state index contributed by atoms with van der Waals surface area (Å²) in [5, 5.41) is 3.46. The van der Waals surface area contributed by atoms with Gasteiger partial charge in [-0.15, -0.1) is 0 Å². The van der Waals surface area contributed by atoms with E-state index in [0.29, 0.717) is 22.4 Å². The highest BCUT2D eigenvalue weighted by atomic mass is 35.5. The summed E-state index contributed by atoms with van der Waals surface area (Å²) in [6.07, 6.45) is 0. The Kier molecular flexibility index (Phi) is 4.97. The number of aryl methyl sites for hydroxylation is 1. The minimum Gasteiger partial charge on any atom is -0.338 e. The van der Waals surface area contributed by atoms with E-state index in [2.05, 4.69) is 32.1 Å². The molecule has 1 amide bonds. The average molecular weight is 346 g/mol. The maximum atomic E-state index is 12.5. The number of rotatable bonds is 3. The molecular weight excluding hydrogens is 326 g/mol. The van der Waals surface area contributed by atoms with E-state index >= 15 is 0 Å². The molecule has 0 spiro atoms. The smallest absolute Gasteiger partial charge is 0.274 e. The Hall–Kier alpha value is -2.18. The fraction of sp³-hybridized carbons (Fsp3) is 0.353. The minimum absolute atomic E-state index is 0.252. The Labute approximate surface area is 146 Å². The third kappa shape index (κ3) is 4.01. The summed E-state index contributed by atoms with van der Waals surface area (Å²) >= 11 is 5.86. The molecule has 126 valence electrons. The van der Waals surface area contributed by atoms with Crippen LogP contribution < -0.4 is 10.2 Å². The van der Waals surface area contributed by atoms with Gasteiger partial charge in [-0.05, 0) is 44.3 Å². The first kappa shape index (κ1) is 16.7. The molecule has 2 heterocycles. The number of piperazine rings is 1. The van der Waals surface area contributed by atoms with Gasteiger partial charge < -0.3 is 15.1 Å². The topological polar surface area (TPSA) is 61.4 Å². The van der Waals surface area contributed by atoms with E-state index in [1.54, 1.807) is 30.3 Å². The van der Waals surface area contributed by atoms with Crippen LogP contribution in [0.2, 0.25) is 5.02 Å². The summed E-state index contributed by atoms with van der Waals surface area (Å²) < 4.78 is 0. The van der Waals surface area contributed by atoms with Gasteiger partial charge in [-0.1, -0.05) is 11.6 Å². The first-order valence-corrected chi connectivity index (χ1v) is 8.25. The summed E-state index contributed by atoms with van der Waals surface area (Å²) in [6.45, 7) is 5.52. The van der Waals surface area contributed by atoms with Crippen LogP contribution in [-0.2, 0) is 0 Å². The van der Waals surface area contributed by atoms with E-state index in [0.717, 1.165) is 31.9 Å². The number of anilines is 2. The van der Waals surface area contributed by atoms with E-state index in [4.69, 9.17) is 11.6 Å². The number of hydrogen-bond donors (Lipinski definition) is 1. The van der Waals surface area contributed by atoms with Crippen LogP contribution >= 0.6 is 11.6 Å². The number of nitrogens with zero attached hydrogens (tertiary/aromatic N) is 4. The van der Waals surface area contributed by atoms with E-state index < -0.39 is 0 Å². The fourth-order valence-electron chi connectivity index (χ4n) is 2.55. The molecule has 0 unspecified atom stereocenters. The number of hydrogen-bond acceptors (Lipinski definition) is 5. The first-order chi connectivity index (χ1) is 11.5. The molecule has 24 heavy (non-hydrogen) atoms. The molecule has 1 aromatic heterocycles. The van der Waals surface area contributed by atoms with Crippen LogP contribution in [0.3, 0.4) is 0 Å². The van der Waals surface area contributed by atoms with Crippen molar-refractivity contribution in [3.8, 4) is 0 Å². The van der Waals surface area contributed by atoms with Crippen molar-refractivity contribution in [1.82, 2.24) is 14.9 Å². The fourth-order valence-corrected chi connectivity index (χ4v) is 2.67. The molecule has 1 aromatic carbocycles. The lowest BCUT2D eigenvalue weighted by molar-refractivity contribution is 0.102. The van der Waals surface area contributed by atoms with Gasteiger partial charge >= 0.3 is 0 Å². The van der Waals surface area contributed by atoms with E-state index in [1.165, 1.54) is 0 Å². The van der Waals surface area contributed by atoms with Crippen LogP contribution in [0.25, 0.3) is 0 Å². The second-order valence-electron chi connectivity index (χ2n) is 5.95. The number of amides is 1. The minimum atomic E-state index is -0.252. The van der Waals surface area contributed by atoms with Gasteiger partial charge in [0, 0.05) is 42.6 Å². The third-order valence-electron chi connectivity index (χ3n) is 3.96. The van der Waals surface area contributed by atoms with Crippen LogP contribution in [-0.4, -0.2) is 54.0 Å². The molecule has 0 radical (unpaired) electrons. The van der Waals surface area contributed by atoms with Crippen LogP contribution in [0.4, 0.5) is 11.6 Å². The second-order valence-corrected chi connectivity index (χ2v) is 6.38. The van der Waals surface area contributed by atoms with Gasteiger partial charge in [0.1, 0.15) is 5.69 Å². The number of benzene rings is 1. The maximum absolute atomic E-state index is 12.5. The Morgan fingerprint density at radius 3 is 2.46 bits per heavy atom. The van der Waals surface area contributed by atoms with Crippen molar-refractivity contribution in [2.45, 2.75) is 6.92 Å². The second kappa shape index (κ2) is 7.15. The predicted octanol–water partition coefficient (Wildman–Crippen LogP) is 2.44. The van der Waals surface area contributed by atoms with Gasteiger partial charge in [-0.2, -0.15) is 0 Å². The van der Waals surface area contributed by atoms with Crippen LogP contribution in [0.1, 0.15) is 16.2 Å². The van der Waals surface area contributed by atoms with E-state index in [-0.39, 0.29) is 5.91 Å². The summed E-state index contributed by atoms with van der Waals surface area (Å²) in [5.74, 6) is 0.363. The number of carbonyl (C=O) groups is 1. The molecule has 1 saturated heterocycles. The molecule has 1 fully saturated rings. The largest absolute Gasteiger partial charge is 0.338 e. The molecule has 3 rings (SSSR count). The molecule has 1 aliphatic rings. The zero-order valence-corrected chi connectivity index (χ0v) is 14.5. The number of nitrogens with one attached hydrogen (secondary N) is 1. The van der Waals surface area contributed by atoms with E-state index in [1.807, 2.05) is 6.92 Å². The van der Waals surface area contributed by atoms with Crippen molar-refractivity contribution in [1.29, 1.82) is 0 Å². The first-order valence-electron chi connectivity index (χ1n) is 7.87. The molecule has 7 heteroatoms. The molecular formula is C17H20ClN5O. The lowest BCUT2D eigenvalue weighted by Crippen LogP contribution is -2.45. The number of carbonyl (C=O) groups excluding carboxylic acids is 1. The van der Waals surface area contributed by atoms with Gasteiger partial charge in [0.05, 0.1) is 0 Å². The normalized spacial score (nSPS) is 15.4. The Bertz CT molecular complexity index is 726. The molecule has 0 aliphatic carbocycles. The number of aromatic nitrogens is 2. The molecule has 2 aromatic rings. The zero-order chi connectivity index (χ0) is 17.1.